The monoisotopic (exact) mass is 422 g/mol. The Labute approximate surface area is 177 Å². The van der Waals surface area contributed by atoms with Crippen molar-refractivity contribution in [3.63, 3.8) is 0 Å². The molecule has 5 nitrogen and oxygen atoms in total. The van der Waals surface area contributed by atoms with Gasteiger partial charge in [-0.05, 0) is 61.7 Å². The van der Waals surface area contributed by atoms with Crippen molar-refractivity contribution in [2.45, 2.75) is 32.1 Å². The van der Waals surface area contributed by atoms with Crippen LogP contribution in [0.1, 0.15) is 24.5 Å². The lowest BCUT2D eigenvalue weighted by Gasteiger charge is -2.24. The molecule has 4 rings (SSSR count). The van der Waals surface area contributed by atoms with Gasteiger partial charge in [0.1, 0.15) is 5.75 Å². The third kappa shape index (κ3) is 3.21. The van der Waals surface area contributed by atoms with Crippen molar-refractivity contribution >= 4 is 37.5 Å². The number of rotatable bonds is 6. The van der Waals surface area contributed by atoms with Crippen LogP contribution >= 0.6 is 0 Å². The van der Waals surface area contributed by atoms with E-state index in [1.165, 1.54) is 9.87 Å². The number of aromatic nitrogens is 1. The molecule has 1 heterocycles. The first-order chi connectivity index (χ1) is 14.4. The first kappa shape index (κ1) is 20.3. The first-order valence-corrected chi connectivity index (χ1v) is 11.5. The molecular formula is C24H26N2O3S. The molecule has 0 aliphatic rings. The number of H-pyrrole nitrogens is 1. The van der Waals surface area contributed by atoms with E-state index in [2.05, 4.69) is 31.0 Å². The maximum atomic E-state index is 13.6. The summed E-state index contributed by atoms with van der Waals surface area (Å²) in [4.78, 5) is 3.76. The Balaban J connectivity index is 1.95. The van der Waals surface area contributed by atoms with Gasteiger partial charge in [-0.2, -0.15) is 0 Å². The number of hydrogen-bond acceptors (Lipinski definition) is 3. The predicted molar refractivity (Wildman–Crippen MR) is 123 cm³/mol. The number of hydrogen-bond donors (Lipinski definition) is 1. The van der Waals surface area contributed by atoms with Gasteiger partial charge in [-0.15, -0.1) is 0 Å². The number of nitrogens with zero attached hydrogens (tertiary/aromatic N) is 1. The van der Waals surface area contributed by atoms with Crippen molar-refractivity contribution in [1.29, 1.82) is 0 Å². The van der Waals surface area contributed by atoms with Gasteiger partial charge in [-0.1, -0.05) is 31.2 Å². The number of benzene rings is 3. The standard InChI is InChI=1S/C24H26N2O3S/c1-5-15-26(30(27,28)19-13-11-18(29-4)12-14-19)21-8-6-7-20-22-16(2)9-10-17(3)23(22)25-24(20)21/h6-14,25H,5,15H2,1-4H3. The highest BCUT2D eigenvalue weighted by Crippen LogP contribution is 2.37. The summed E-state index contributed by atoms with van der Waals surface area (Å²) < 4.78 is 33.9. The number of methoxy groups -OCH3 is 1. The molecule has 3 aromatic carbocycles. The molecule has 0 fully saturated rings. The number of fused-ring (bicyclic) bond motifs is 3. The van der Waals surface area contributed by atoms with Crippen LogP contribution in [-0.2, 0) is 10.0 Å². The number of aromatic amines is 1. The van der Waals surface area contributed by atoms with Crippen molar-refractivity contribution in [1.82, 2.24) is 4.98 Å². The molecule has 1 N–H and O–H groups in total. The van der Waals surface area contributed by atoms with Crippen LogP contribution in [0.25, 0.3) is 21.8 Å². The van der Waals surface area contributed by atoms with Gasteiger partial charge >= 0.3 is 0 Å². The van der Waals surface area contributed by atoms with Crippen molar-refractivity contribution in [2.75, 3.05) is 18.0 Å². The van der Waals surface area contributed by atoms with Crippen LogP contribution < -0.4 is 9.04 Å². The second-order valence-electron chi connectivity index (χ2n) is 7.53. The highest BCUT2D eigenvalue weighted by Gasteiger charge is 2.27. The lowest BCUT2D eigenvalue weighted by atomic mass is 10.0. The Bertz CT molecular complexity index is 1320. The van der Waals surface area contributed by atoms with Crippen LogP contribution in [0.2, 0.25) is 0 Å². The average Bonchev–Trinajstić information content (AvgIpc) is 3.16. The SMILES string of the molecule is CCCN(c1cccc2c1[nH]c1c(C)ccc(C)c12)S(=O)(=O)c1ccc(OC)cc1. The minimum Gasteiger partial charge on any atom is -0.497 e. The van der Waals surface area contributed by atoms with Crippen LogP contribution in [0, 0.1) is 13.8 Å². The van der Waals surface area contributed by atoms with Crippen LogP contribution in [0.4, 0.5) is 5.69 Å². The Morgan fingerprint density at radius 3 is 2.30 bits per heavy atom. The van der Waals surface area contributed by atoms with E-state index < -0.39 is 10.0 Å². The second kappa shape index (κ2) is 7.69. The molecule has 0 aliphatic heterocycles. The van der Waals surface area contributed by atoms with Gasteiger partial charge in [0, 0.05) is 22.8 Å². The summed E-state index contributed by atoms with van der Waals surface area (Å²) >= 11 is 0. The van der Waals surface area contributed by atoms with Crippen molar-refractivity contribution in [3.8, 4) is 5.75 Å². The Morgan fingerprint density at radius 1 is 0.933 bits per heavy atom. The quantitative estimate of drug-likeness (QED) is 0.443. The molecule has 0 unspecified atom stereocenters. The zero-order valence-corrected chi connectivity index (χ0v) is 18.5. The van der Waals surface area contributed by atoms with E-state index in [4.69, 9.17) is 4.74 Å². The molecule has 30 heavy (non-hydrogen) atoms. The van der Waals surface area contributed by atoms with E-state index in [0.717, 1.165) is 27.4 Å². The smallest absolute Gasteiger partial charge is 0.264 e. The molecule has 156 valence electrons. The lowest BCUT2D eigenvalue weighted by Crippen LogP contribution is -2.32. The van der Waals surface area contributed by atoms with Gasteiger partial charge in [0.15, 0.2) is 0 Å². The Kier molecular flexibility index (Phi) is 5.20. The molecule has 0 bridgehead atoms. The lowest BCUT2D eigenvalue weighted by molar-refractivity contribution is 0.414. The van der Waals surface area contributed by atoms with E-state index in [0.29, 0.717) is 24.4 Å². The van der Waals surface area contributed by atoms with Gasteiger partial charge in [-0.25, -0.2) is 8.42 Å². The predicted octanol–water partition coefficient (Wildman–Crippen LogP) is 5.55. The van der Waals surface area contributed by atoms with Crippen LogP contribution in [-0.4, -0.2) is 27.1 Å². The zero-order valence-electron chi connectivity index (χ0n) is 17.7. The minimum absolute atomic E-state index is 0.247. The summed E-state index contributed by atoms with van der Waals surface area (Å²) in [6.07, 6.45) is 0.698. The molecule has 6 heteroatoms. The van der Waals surface area contributed by atoms with E-state index in [1.54, 1.807) is 31.4 Å². The summed E-state index contributed by atoms with van der Waals surface area (Å²) in [5, 5.41) is 2.18. The van der Waals surface area contributed by atoms with Crippen molar-refractivity contribution in [2.24, 2.45) is 0 Å². The summed E-state index contributed by atoms with van der Waals surface area (Å²) in [6.45, 7) is 6.52. The molecule has 0 atom stereocenters. The van der Waals surface area contributed by atoms with Crippen LogP contribution in [0.15, 0.2) is 59.5 Å². The number of nitrogens with one attached hydrogen (secondary N) is 1. The van der Waals surface area contributed by atoms with E-state index in [9.17, 15) is 8.42 Å². The summed E-state index contributed by atoms with van der Waals surface area (Å²) in [6, 6.07) is 16.6. The number of sulfonamides is 1. The largest absolute Gasteiger partial charge is 0.497 e. The fourth-order valence-electron chi connectivity index (χ4n) is 3.98. The maximum Gasteiger partial charge on any atom is 0.264 e. The third-order valence-electron chi connectivity index (χ3n) is 5.53. The Hall–Kier alpha value is -2.99. The zero-order chi connectivity index (χ0) is 21.5. The van der Waals surface area contributed by atoms with Crippen molar-refractivity contribution < 1.29 is 13.2 Å². The Morgan fingerprint density at radius 2 is 1.63 bits per heavy atom. The maximum absolute atomic E-state index is 13.6. The number of anilines is 1. The molecule has 0 aliphatic carbocycles. The van der Waals surface area contributed by atoms with E-state index >= 15 is 0 Å². The molecule has 4 aromatic rings. The summed E-state index contributed by atoms with van der Waals surface area (Å²) in [5.74, 6) is 0.625. The van der Waals surface area contributed by atoms with Crippen LogP contribution in [0.3, 0.4) is 0 Å². The van der Waals surface area contributed by atoms with Gasteiger partial charge in [0.25, 0.3) is 10.0 Å². The minimum atomic E-state index is -3.73. The van der Waals surface area contributed by atoms with Crippen LogP contribution in [0.5, 0.6) is 5.75 Å². The first-order valence-electron chi connectivity index (χ1n) is 10.1. The van der Waals surface area contributed by atoms with Crippen molar-refractivity contribution in [3.05, 3.63) is 65.7 Å². The molecule has 0 amide bonds. The fourth-order valence-corrected chi connectivity index (χ4v) is 5.55. The summed E-state index contributed by atoms with van der Waals surface area (Å²) in [7, 11) is -2.17. The van der Waals surface area contributed by atoms with E-state index in [1.807, 2.05) is 25.1 Å². The summed E-state index contributed by atoms with van der Waals surface area (Å²) in [5.41, 5.74) is 4.86. The number of aryl methyl sites for hydroxylation is 2. The fraction of sp³-hybridized carbons (Fsp3) is 0.250. The van der Waals surface area contributed by atoms with Gasteiger partial charge in [0.05, 0.1) is 23.2 Å². The molecule has 1 aromatic heterocycles. The van der Waals surface area contributed by atoms with Gasteiger partial charge in [0.2, 0.25) is 0 Å². The topological polar surface area (TPSA) is 62.4 Å². The van der Waals surface area contributed by atoms with Gasteiger partial charge < -0.3 is 9.72 Å². The molecule has 0 spiro atoms. The number of ether oxygens (including phenoxy) is 1. The third-order valence-corrected chi connectivity index (χ3v) is 7.35. The molecule has 0 saturated heterocycles. The second-order valence-corrected chi connectivity index (χ2v) is 9.39. The highest BCUT2D eigenvalue weighted by molar-refractivity contribution is 7.92. The highest BCUT2D eigenvalue weighted by atomic mass is 32.2. The van der Waals surface area contributed by atoms with E-state index in [-0.39, 0.29) is 4.90 Å². The average molecular weight is 423 g/mol. The van der Waals surface area contributed by atoms with Gasteiger partial charge in [-0.3, -0.25) is 4.31 Å². The number of para-hydroxylation sites is 1. The molecular weight excluding hydrogens is 396 g/mol. The molecule has 0 radical (unpaired) electrons. The normalized spacial score (nSPS) is 11.9. The molecule has 0 saturated carbocycles.